The van der Waals surface area contributed by atoms with Gasteiger partial charge in [-0.3, -0.25) is 0 Å². The lowest BCUT2D eigenvalue weighted by Crippen LogP contribution is -2.62. The maximum atomic E-state index is 2.56. The monoisotopic (exact) mass is 197 g/mol. The Morgan fingerprint density at radius 1 is 1.00 bits per heavy atom. The fourth-order valence-corrected chi connectivity index (χ4v) is 3.04. The normalized spacial score (nSPS) is 36.0. The van der Waals surface area contributed by atoms with Crippen molar-refractivity contribution in [2.75, 3.05) is 34.2 Å². The van der Waals surface area contributed by atoms with Crippen molar-refractivity contribution in [2.24, 2.45) is 0 Å². The molecule has 0 radical (unpaired) electrons. The molecule has 0 bridgehead atoms. The van der Waals surface area contributed by atoms with Crippen LogP contribution in [0.5, 0.6) is 0 Å². The smallest absolute Gasteiger partial charge is 0.0401 e. The quantitative estimate of drug-likeness (QED) is 0.621. The van der Waals surface area contributed by atoms with E-state index in [0.717, 1.165) is 12.1 Å². The van der Waals surface area contributed by atoms with Crippen LogP contribution >= 0.6 is 0 Å². The van der Waals surface area contributed by atoms with Crippen molar-refractivity contribution >= 4 is 0 Å². The standard InChI is InChI=1S/C11H23N3/c1-12(2)14-9-8-13(3)10-6-4-5-7-11(10)14/h10-11H,4-9H2,1-3H3. The van der Waals surface area contributed by atoms with E-state index in [1.807, 2.05) is 0 Å². The van der Waals surface area contributed by atoms with Gasteiger partial charge < -0.3 is 4.90 Å². The van der Waals surface area contributed by atoms with Crippen molar-refractivity contribution in [3.8, 4) is 0 Å². The number of hydrogen-bond donors (Lipinski definition) is 0. The van der Waals surface area contributed by atoms with Crippen LogP contribution in [0.15, 0.2) is 0 Å². The summed E-state index contributed by atoms with van der Waals surface area (Å²) >= 11 is 0. The van der Waals surface area contributed by atoms with Gasteiger partial charge in [0.05, 0.1) is 0 Å². The number of piperazine rings is 1. The summed E-state index contributed by atoms with van der Waals surface area (Å²) in [5, 5.41) is 4.85. The Morgan fingerprint density at radius 2 is 1.64 bits per heavy atom. The van der Waals surface area contributed by atoms with Crippen LogP contribution in [-0.2, 0) is 0 Å². The lowest BCUT2D eigenvalue weighted by Gasteiger charge is -2.50. The van der Waals surface area contributed by atoms with Crippen molar-refractivity contribution in [3.05, 3.63) is 0 Å². The van der Waals surface area contributed by atoms with Gasteiger partial charge in [-0.1, -0.05) is 12.8 Å². The molecule has 0 aromatic rings. The van der Waals surface area contributed by atoms with Crippen LogP contribution in [0.1, 0.15) is 25.7 Å². The van der Waals surface area contributed by atoms with Gasteiger partial charge in [0.25, 0.3) is 0 Å². The van der Waals surface area contributed by atoms with Crippen LogP contribution in [0.4, 0.5) is 0 Å². The van der Waals surface area contributed by atoms with Gasteiger partial charge in [0, 0.05) is 39.3 Å². The number of likely N-dealkylation sites (N-methyl/N-ethyl adjacent to an activating group) is 1. The highest BCUT2D eigenvalue weighted by atomic mass is 15.6. The number of rotatable bonds is 1. The summed E-state index contributed by atoms with van der Waals surface area (Å²) in [6.07, 6.45) is 5.62. The van der Waals surface area contributed by atoms with Gasteiger partial charge in [-0.25, -0.2) is 10.0 Å². The highest BCUT2D eigenvalue weighted by Crippen LogP contribution is 2.29. The van der Waals surface area contributed by atoms with Gasteiger partial charge in [0.1, 0.15) is 0 Å². The van der Waals surface area contributed by atoms with Crippen molar-refractivity contribution in [3.63, 3.8) is 0 Å². The minimum atomic E-state index is 0.775. The topological polar surface area (TPSA) is 9.72 Å². The van der Waals surface area contributed by atoms with Gasteiger partial charge in [0.15, 0.2) is 0 Å². The first-order chi connectivity index (χ1) is 6.70. The average molecular weight is 197 g/mol. The molecule has 3 nitrogen and oxygen atoms in total. The fraction of sp³-hybridized carbons (Fsp3) is 1.00. The largest absolute Gasteiger partial charge is 0.300 e. The molecule has 14 heavy (non-hydrogen) atoms. The van der Waals surface area contributed by atoms with Crippen molar-refractivity contribution in [2.45, 2.75) is 37.8 Å². The molecule has 0 aromatic heterocycles. The molecule has 1 aliphatic heterocycles. The summed E-state index contributed by atoms with van der Waals surface area (Å²) in [5.74, 6) is 0. The van der Waals surface area contributed by atoms with Gasteiger partial charge in [-0.05, 0) is 19.9 Å². The van der Waals surface area contributed by atoms with Gasteiger partial charge in [0.2, 0.25) is 0 Å². The maximum absolute atomic E-state index is 2.56. The van der Waals surface area contributed by atoms with Gasteiger partial charge in [-0.2, -0.15) is 0 Å². The number of fused-ring (bicyclic) bond motifs is 1. The molecular formula is C11H23N3. The Hall–Kier alpha value is -0.120. The first-order valence-corrected chi connectivity index (χ1v) is 5.84. The summed E-state index contributed by atoms with van der Waals surface area (Å²) in [7, 11) is 6.64. The molecule has 1 saturated heterocycles. The molecule has 1 heterocycles. The molecule has 0 spiro atoms. The predicted molar refractivity (Wildman–Crippen MR) is 59.1 cm³/mol. The highest BCUT2D eigenvalue weighted by Gasteiger charge is 2.36. The number of hydrazine groups is 1. The van der Waals surface area contributed by atoms with E-state index in [9.17, 15) is 0 Å². The van der Waals surface area contributed by atoms with E-state index in [2.05, 4.69) is 36.1 Å². The molecular weight excluding hydrogens is 174 g/mol. The lowest BCUT2D eigenvalue weighted by atomic mass is 9.87. The third-order valence-corrected chi connectivity index (χ3v) is 3.84. The summed E-state index contributed by atoms with van der Waals surface area (Å²) in [6.45, 7) is 2.42. The molecule has 1 saturated carbocycles. The van der Waals surface area contributed by atoms with Crippen molar-refractivity contribution < 1.29 is 0 Å². The summed E-state index contributed by atoms with van der Waals surface area (Å²) < 4.78 is 0. The van der Waals surface area contributed by atoms with Crippen LogP contribution in [-0.4, -0.2) is 61.2 Å². The van der Waals surface area contributed by atoms with Crippen molar-refractivity contribution in [1.29, 1.82) is 0 Å². The lowest BCUT2D eigenvalue weighted by molar-refractivity contribution is -0.0983. The zero-order valence-corrected chi connectivity index (χ0v) is 9.74. The Morgan fingerprint density at radius 3 is 2.29 bits per heavy atom. The Bertz CT molecular complexity index is 191. The number of hydrogen-bond acceptors (Lipinski definition) is 3. The van der Waals surface area contributed by atoms with E-state index in [1.54, 1.807) is 0 Å². The first kappa shape index (κ1) is 10.4. The van der Waals surface area contributed by atoms with Crippen LogP contribution in [0, 0.1) is 0 Å². The molecule has 3 heteroatoms. The fourth-order valence-electron chi connectivity index (χ4n) is 3.04. The van der Waals surface area contributed by atoms with Crippen LogP contribution in [0.3, 0.4) is 0 Å². The Kier molecular flexibility index (Phi) is 3.10. The minimum absolute atomic E-state index is 0.775. The molecule has 0 N–H and O–H groups in total. The molecule has 0 amide bonds. The minimum Gasteiger partial charge on any atom is -0.300 e. The second kappa shape index (κ2) is 4.17. The molecule has 2 fully saturated rings. The highest BCUT2D eigenvalue weighted by molar-refractivity contribution is 4.91. The second-order valence-electron chi connectivity index (χ2n) is 4.91. The van der Waals surface area contributed by atoms with Gasteiger partial charge >= 0.3 is 0 Å². The van der Waals surface area contributed by atoms with Crippen LogP contribution in [0.25, 0.3) is 0 Å². The molecule has 82 valence electrons. The third kappa shape index (κ3) is 1.81. The van der Waals surface area contributed by atoms with Crippen molar-refractivity contribution in [1.82, 2.24) is 14.9 Å². The molecule has 2 aliphatic rings. The zero-order chi connectivity index (χ0) is 10.1. The third-order valence-electron chi connectivity index (χ3n) is 3.84. The Labute approximate surface area is 87.6 Å². The average Bonchev–Trinajstić information content (AvgIpc) is 2.18. The van der Waals surface area contributed by atoms with E-state index in [4.69, 9.17) is 0 Å². The number of nitrogens with zero attached hydrogens (tertiary/aromatic N) is 3. The molecule has 2 atom stereocenters. The second-order valence-corrected chi connectivity index (χ2v) is 4.91. The van der Waals surface area contributed by atoms with E-state index in [-0.39, 0.29) is 0 Å². The summed E-state index contributed by atoms with van der Waals surface area (Å²) in [6, 6.07) is 1.58. The van der Waals surface area contributed by atoms with E-state index in [1.165, 1.54) is 38.8 Å². The van der Waals surface area contributed by atoms with E-state index >= 15 is 0 Å². The Balaban J connectivity index is 2.08. The SMILES string of the molecule is CN1CCN(N(C)C)C2CCCCC21. The summed E-state index contributed by atoms with van der Waals surface area (Å²) in [5.41, 5.74) is 0. The van der Waals surface area contributed by atoms with Gasteiger partial charge in [-0.15, -0.1) is 0 Å². The first-order valence-electron chi connectivity index (χ1n) is 5.84. The molecule has 2 rings (SSSR count). The van der Waals surface area contributed by atoms with E-state index < -0.39 is 0 Å². The van der Waals surface area contributed by atoms with Crippen LogP contribution < -0.4 is 0 Å². The van der Waals surface area contributed by atoms with Crippen LogP contribution in [0.2, 0.25) is 0 Å². The molecule has 1 aliphatic carbocycles. The molecule has 2 unspecified atom stereocenters. The summed E-state index contributed by atoms with van der Waals surface area (Å²) in [4.78, 5) is 2.56. The zero-order valence-electron chi connectivity index (χ0n) is 9.74. The van der Waals surface area contributed by atoms with E-state index in [0.29, 0.717) is 0 Å². The predicted octanol–water partition coefficient (Wildman–Crippen LogP) is 1.02. The molecule has 0 aromatic carbocycles. The maximum Gasteiger partial charge on any atom is 0.0401 e.